The number of nitrogens with one attached hydrogen (secondary N) is 1. The topological polar surface area (TPSA) is 107 Å². The second-order valence-electron chi connectivity index (χ2n) is 8.89. The number of aromatic nitrogens is 1. The predicted molar refractivity (Wildman–Crippen MR) is 123 cm³/mol. The van der Waals surface area contributed by atoms with Crippen LogP contribution in [-0.2, 0) is 35.4 Å². The third kappa shape index (κ3) is 5.56. The lowest BCUT2D eigenvalue weighted by Gasteiger charge is -2.35. The number of ether oxygens (including phenoxy) is 2. The Kier molecular flexibility index (Phi) is 7.06. The fourth-order valence-corrected chi connectivity index (χ4v) is 5.95. The van der Waals surface area contributed by atoms with E-state index in [0.29, 0.717) is 37.1 Å². The molecule has 2 saturated heterocycles. The molecule has 9 nitrogen and oxygen atoms in total. The fourth-order valence-electron chi connectivity index (χ4n) is 4.55. The molecule has 2 fully saturated rings. The minimum Gasteiger partial charge on any atom is -0.376 e. The Balaban J connectivity index is 1.51. The number of para-hydroxylation sites is 1. The summed E-state index contributed by atoms with van der Waals surface area (Å²) in [5.74, 6) is -1.31. The maximum Gasteiger partial charge on any atom is 0.242 e. The van der Waals surface area contributed by atoms with Crippen molar-refractivity contribution in [2.75, 3.05) is 32.0 Å². The summed E-state index contributed by atoms with van der Waals surface area (Å²) in [4.78, 5) is 27.1. The zero-order valence-electron chi connectivity index (χ0n) is 19.0. The first-order valence-corrected chi connectivity index (χ1v) is 13.0. The summed E-state index contributed by atoms with van der Waals surface area (Å²) in [5.41, 5.74) is 0.638. The Hall–Kier alpha value is -2.43. The van der Waals surface area contributed by atoms with E-state index in [1.165, 1.54) is 6.20 Å². The number of fused-ring (bicyclic) bond motifs is 1. The number of amides is 2. The van der Waals surface area contributed by atoms with Crippen LogP contribution in [0.1, 0.15) is 26.7 Å². The Morgan fingerprint density at radius 1 is 1.15 bits per heavy atom. The summed E-state index contributed by atoms with van der Waals surface area (Å²) < 4.78 is 39.1. The molecule has 33 heavy (non-hydrogen) atoms. The first-order chi connectivity index (χ1) is 15.7. The van der Waals surface area contributed by atoms with Gasteiger partial charge in [0.2, 0.25) is 11.8 Å². The SMILES string of the molecule is C[C@@H]1CN(C(=O)Cn2cc(S(=O)(=O)CC(=O)NC[C@@H]3CCCO3)c3ccccc32)C[C@@H](C)O1. The zero-order chi connectivity index (χ0) is 23.6. The molecule has 4 rings (SSSR count). The monoisotopic (exact) mass is 477 g/mol. The van der Waals surface area contributed by atoms with Gasteiger partial charge in [0, 0.05) is 43.3 Å². The van der Waals surface area contributed by atoms with Gasteiger partial charge in [0.25, 0.3) is 0 Å². The van der Waals surface area contributed by atoms with Crippen LogP contribution >= 0.6 is 0 Å². The summed E-state index contributed by atoms with van der Waals surface area (Å²) in [6.45, 7) is 5.84. The molecule has 0 bridgehead atoms. The van der Waals surface area contributed by atoms with Crippen LogP contribution in [0.15, 0.2) is 35.4 Å². The lowest BCUT2D eigenvalue weighted by atomic mass is 10.2. The molecule has 10 heteroatoms. The van der Waals surface area contributed by atoms with Gasteiger partial charge in [-0.2, -0.15) is 0 Å². The Morgan fingerprint density at radius 2 is 1.88 bits per heavy atom. The van der Waals surface area contributed by atoms with Crippen LogP contribution in [-0.4, -0.2) is 80.0 Å². The largest absolute Gasteiger partial charge is 0.376 e. The van der Waals surface area contributed by atoms with Crippen LogP contribution in [0.2, 0.25) is 0 Å². The average molecular weight is 478 g/mol. The Labute approximate surface area is 193 Å². The second kappa shape index (κ2) is 9.82. The van der Waals surface area contributed by atoms with Gasteiger partial charge in [-0.1, -0.05) is 18.2 Å². The van der Waals surface area contributed by atoms with Crippen molar-refractivity contribution in [3.63, 3.8) is 0 Å². The van der Waals surface area contributed by atoms with Crippen molar-refractivity contribution < 1.29 is 27.5 Å². The van der Waals surface area contributed by atoms with Crippen molar-refractivity contribution in [3.05, 3.63) is 30.5 Å². The molecule has 1 aromatic carbocycles. The van der Waals surface area contributed by atoms with Crippen LogP contribution in [0.3, 0.4) is 0 Å². The van der Waals surface area contributed by atoms with E-state index in [9.17, 15) is 18.0 Å². The van der Waals surface area contributed by atoms with Gasteiger partial charge in [0.1, 0.15) is 12.3 Å². The minimum atomic E-state index is -3.91. The van der Waals surface area contributed by atoms with Gasteiger partial charge >= 0.3 is 0 Å². The van der Waals surface area contributed by atoms with Crippen molar-refractivity contribution in [2.45, 2.75) is 56.4 Å². The van der Waals surface area contributed by atoms with Crippen LogP contribution in [0.25, 0.3) is 10.9 Å². The van der Waals surface area contributed by atoms with E-state index in [1.807, 2.05) is 13.8 Å². The molecule has 2 aromatic rings. The fraction of sp³-hybridized carbons (Fsp3) is 0.565. The molecule has 3 atom stereocenters. The van der Waals surface area contributed by atoms with Gasteiger partial charge in [-0.25, -0.2) is 8.42 Å². The molecule has 2 aliphatic heterocycles. The quantitative estimate of drug-likeness (QED) is 0.645. The van der Waals surface area contributed by atoms with Gasteiger partial charge in [-0.05, 0) is 32.8 Å². The molecule has 0 spiro atoms. The number of morpholine rings is 1. The van der Waals surface area contributed by atoms with E-state index >= 15 is 0 Å². The van der Waals surface area contributed by atoms with Gasteiger partial charge in [-0.15, -0.1) is 0 Å². The highest BCUT2D eigenvalue weighted by Gasteiger charge is 2.28. The molecule has 0 saturated carbocycles. The van der Waals surface area contributed by atoms with Crippen molar-refractivity contribution in [1.29, 1.82) is 0 Å². The van der Waals surface area contributed by atoms with Gasteiger partial charge in [-0.3, -0.25) is 9.59 Å². The standard InChI is InChI=1S/C23H31N3O6S/c1-16-11-26(12-17(2)32-16)23(28)14-25-13-21(19-7-3-4-8-20(19)25)33(29,30)15-22(27)24-10-18-6-5-9-31-18/h3-4,7-8,13,16-18H,5-6,9-12,14-15H2,1-2H3,(H,24,27)/t16-,17-,18+/m1/s1. The lowest BCUT2D eigenvalue weighted by molar-refractivity contribution is -0.143. The highest BCUT2D eigenvalue weighted by atomic mass is 32.2. The molecule has 180 valence electrons. The van der Waals surface area contributed by atoms with Crippen LogP contribution in [0.5, 0.6) is 0 Å². The number of carbonyl (C=O) groups excluding carboxylic acids is 2. The molecule has 3 heterocycles. The van der Waals surface area contributed by atoms with Crippen molar-refractivity contribution >= 4 is 32.6 Å². The van der Waals surface area contributed by atoms with Gasteiger partial charge in [0.05, 0.1) is 23.2 Å². The summed E-state index contributed by atoms with van der Waals surface area (Å²) in [7, 11) is -3.91. The van der Waals surface area contributed by atoms with Crippen LogP contribution in [0, 0.1) is 0 Å². The molecule has 1 aromatic heterocycles. The third-order valence-electron chi connectivity index (χ3n) is 6.04. The lowest BCUT2D eigenvalue weighted by Crippen LogP contribution is -2.49. The van der Waals surface area contributed by atoms with E-state index in [0.717, 1.165) is 12.8 Å². The molecule has 0 radical (unpaired) electrons. The van der Waals surface area contributed by atoms with Gasteiger partial charge in [0.15, 0.2) is 9.84 Å². The average Bonchev–Trinajstić information content (AvgIpc) is 3.40. The normalized spacial score (nSPS) is 23.7. The number of carbonyl (C=O) groups is 2. The molecule has 0 unspecified atom stereocenters. The van der Waals surface area contributed by atoms with Gasteiger partial charge < -0.3 is 24.3 Å². The maximum atomic E-state index is 13.1. The van der Waals surface area contributed by atoms with Crippen LogP contribution < -0.4 is 5.32 Å². The van der Waals surface area contributed by atoms with E-state index in [1.54, 1.807) is 33.7 Å². The summed E-state index contributed by atoms with van der Waals surface area (Å²) in [6, 6.07) is 7.03. The summed E-state index contributed by atoms with van der Waals surface area (Å²) in [6.07, 6.45) is 3.11. The van der Waals surface area contributed by atoms with Crippen molar-refractivity contribution in [1.82, 2.24) is 14.8 Å². The number of hydrogen-bond donors (Lipinski definition) is 1. The molecular weight excluding hydrogens is 446 g/mol. The maximum absolute atomic E-state index is 13.1. The highest BCUT2D eigenvalue weighted by Crippen LogP contribution is 2.27. The minimum absolute atomic E-state index is 0.0146. The second-order valence-corrected chi connectivity index (χ2v) is 10.9. The zero-order valence-corrected chi connectivity index (χ0v) is 19.8. The molecule has 1 N–H and O–H groups in total. The molecule has 0 aliphatic carbocycles. The van der Waals surface area contributed by atoms with Crippen molar-refractivity contribution in [3.8, 4) is 0 Å². The smallest absolute Gasteiger partial charge is 0.242 e. The third-order valence-corrected chi connectivity index (χ3v) is 7.67. The summed E-state index contributed by atoms with van der Waals surface area (Å²) >= 11 is 0. The molecular formula is C23H31N3O6S. The highest BCUT2D eigenvalue weighted by molar-refractivity contribution is 7.92. The number of sulfone groups is 1. The van der Waals surface area contributed by atoms with Crippen LogP contribution in [0.4, 0.5) is 0 Å². The van der Waals surface area contributed by atoms with E-state index < -0.39 is 21.5 Å². The number of hydrogen-bond acceptors (Lipinski definition) is 6. The molecule has 2 amide bonds. The molecule has 2 aliphatic rings. The van der Waals surface area contributed by atoms with Crippen molar-refractivity contribution in [2.24, 2.45) is 0 Å². The van der Waals surface area contributed by atoms with E-state index in [2.05, 4.69) is 5.32 Å². The summed E-state index contributed by atoms with van der Waals surface area (Å²) in [5, 5.41) is 3.17. The number of benzene rings is 1. The first kappa shape index (κ1) is 23.7. The van der Waals surface area contributed by atoms with E-state index in [-0.39, 0.29) is 35.7 Å². The Bertz CT molecular complexity index is 1110. The Morgan fingerprint density at radius 3 is 2.58 bits per heavy atom. The predicted octanol–water partition coefficient (Wildman–Crippen LogP) is 1.35. The van der Waals surface area contributed by atoms with E-state index in [4.69, 9.17) is 9.47 Å². The number of nitrogens with zero attached hydrogens (tertiary/aromatic N) is 2. The number of rotatable bonds is 7. The first-order valence-electron chi connectivity index (χ1n) is 11.3.